The molecule has 0 saturated heterocycles. The maximum absolute atomic E-state index is 10.8. The Morgan fingerprint density at radius 2 is 0.664 bits per heavy atom. The molecular formula is C126H162O16S4. The van der Waals surface area contributed by atoms with Crippen molar-refractivity contribution in [2.75, 3.05) is 34.0 Å². The number of aromatic hydroxyl groups is 2. The normalized spacial score (nSPS) is 14.8. The minimum atomic E-state index is -4.42. The van der Waals surface area contributed by atoms with Crippen LogP contribution in [0.25, 0.3) is 0 Å². The van der Waals surface area contributed by atoms with Crippen molar-refractivity contribution >= 4 is 42.0 Å². The lowest BCUT2D eigenvalue weighted by atomic mass is 9.95. The van der Waals surface area contributed by atoms with Crippen molar-refractivity contribution < 1.29 is 74.0 Å². The average molecular weight is 2060 g/mol. The number of allylic oxidation sites excluding steroid dienone is 10. The van der Waals surface area contributed by atoms with Crippen molar-refractivity contribution in [2.24, 2.45) is 10.8 Å². The quantitative estimate of drug-likeness (QED) is 0.0160. The second kappa shape index (κ2) is 64.2. The molecule has 0 heterocycles. The Labute approximate surface area is 882 Å². The number of phenols is 2. The molecule has 146 heavy (non-hydrogen) atoms. The molecule has 16 nitrogen and oxygen atoms in total. The lowest BCUT2D eigenvalue weighted by Gasteiger charge is -2.30. The third-order valence-electron chi connectivity index (χ3n) is 25.4. The fraction of sp³-hybridized carbons (Fsp3) is 0.381. The number of phenolic OH excluding ortho intramolecular Hbond substituents is 2. The van der Waals surface area contributed by atoms with Crippen molar-refractivity contribution in [3.63, 3.8) is 0 Å². The smallest absolute Gasteiger partial charge is 0.204 e. The first-order chi connectivity index (χ1) is 69.9. The van der Waals surface area contributed by atoms with E-state index in [1.54, 1.807) is 60.4 Å². The van der Waals surface area contributed by atoms with Gasteiger partial charge in [0.25, 0.3) is 0 Å². The standard InChI is InChI=1S/C19H24O5S.C19H23OS.C18H15S.C17H20O4S.C17H28O2.C16H26O2.2C10H14O/c1-3-15(2)16-5-7-17(8-6-16)23-13-4-14-24-18-9-11-19(12-10-18)25(20,21)22;1-20-16-9-8-14-19(15-16)21(17-10-4-2-5-11-17)18-12-6-3-7-13-18;1-4-10-16(11-5-1)19(17-12-6-2-7-13-17)18-14-8-3-9-15-18;1-3-13(2)15-6-8-16(9-7-15)21-12-14-4-10-17(11-5-14)22(18,19)20;1-7-13(3)14-9-11-15(12-10-14)19-16(18-8-2)17(4,5)6;1-7-12(2)13-8-10-14(11-9-13)18-15(17-6)16(3,4)5;2*1-3-8(2)9-4-6-10(11)7-5-9/h5-12,15H,3-4,13-14H2,1-2H3,(H,20,21,22);2-4,6,8-10,12,14,16H,5,7,11,13,15H2,1H3;1-15H;4-11,13H,3,12H2,1-2H3,(H,18,19,20);9-13,16H,7-8H2,1-6H3;8-12,15H,7H2,1-6H3;2*4-8,11H,3H2,1-2H3/q;2*+1;;;;;/p-2. The summed E-state index contributed by atoms with van der Waals surface area (Å²) >= 11 is 0. The predicted molar refractivity (Wildman–Crippen MR) is 604 cm³/mol. The van der Waals surface area contributed by atoms with Gasteiger partial charge in [0.1, 0.15) is 81.8 Å². The zero-order valence-electron chi connectivity index (χ0n) is 90.1. The third-order valence-corrected chi connectivity index (χ3v) is 31.9. The van der Waals surface area contributed by atoms with Gasteiger partial charge >= 0.3 is 0 Å². The van der Waals surface area contributed by atoms with Crippen molar-refractivity contribution in [3.05, 3.63) is 393 Å². The van der Waals surface area contributed by atoms with E-state index >= 15 is 0 Å². The van der Waals surface area contributed by atoms with Gasteiger partial charge in [-0.25, -0.2) is 16.8 Å². The van der Waals surface area contributed by atoms with E-state index in [-0.39, 0.29) is 61.1 Å². The SMILES string of the molecule is CCC(C)c1ccc(O)cc1.CCC(C)c1ccc(O)cc1.CCC(C)c1ccc(OC(OC)C(C)(C)C)cc1.CCC(C)c1ccc(OCCCOc2ccc(S(=O)(=O)[O-])cc2)cc1.CCC(C)c1ccc(OCc2ccc(S(=O)(=O)[O-])cc2)cc1.CCOC(Oc1ccc(C(C)CC)cc1)C(C)(C)C.COC1C=CC=C([S+](C2=CC=CCC2)C2=CC=CCC2)C1.c1ccc([S+](c2ccccc2)c2ccccc2)cc1. The summed E-state index contributed by atoms with van der Waals surface area (Å²) in [6.45, 7) is 42.9. The highest BCUT2D eigenvalue weighted by molar-refractivity contribution is 8.07. The van der Waals surface area contributed by atoms with E-state index in [1.807, 2.05) is 79.7 Å². The van der Waals surface area contributed by atoms with Gasteiger partial charge in [0.15, 0.2) is 14.7 Å². The highest BCUT2D eigenvalue weighted by Crippen LogP contribution is 2.41. The monoisotopic (exact) mass is 2060 g/mol. The van der Waals surface area contributed by atoms with Crippen LogP contribution in [-0.4, -0.2) is 88.9 Å². The van der Waals surface area contributed by atoms with E-state index in [1.165, 1.54) is 115 Å². The summed E-state index contributed by atoms with van der Waals surface area (Å²) in [5.74, 6) is 7.99. The first-order valence-electron chi connectivity index (χ1n) is 51.6. The van der Waals surface area contributed by atoms with E-state index in [9.17, 15) is 25.9 Å². The number of hydrogen-bond donors (Lipinski definition) is 2. The van der Waals surface area contributed by atoms with E-state index in [0.717, 1.165) is 73.5 Å². The molecule has 11 aromatic carbocycles. The number of methoxy groups -OCH3 is 2. The van der Waals surface area contributed by atoms with Gasteiger partial charge in [-0.15, -0.1) is 0 Å². The molecule has 3 aliphatic rings. The maximum atomic E-state index is 10.8. The molecule has 786 valence electrons. The summed E-state index contributed by atoms with van der Waals surface area (Å²) < 4.78 is 110. The summed E-state index contributed by atoms with van der Waals surface area (Å²) in [5, 5.41) is 18.0. The highest BCUT2D eigenvalue weighted by atomic mass is 32.2. The van der Waals surface area contributed by atoms with Crippen LogP contribution in [0.4, 0.5) is 0 Å². The Balaban J connectivity index is 0.000000229. The molecule has 0 saturated carbocycles. The first kappa shape index (κ1) is 122. The van der Waals surface area contributed by atoms with Gasteiger partial charge in [0.05, 0.1) is 50.9 Å². The first-order valence-corrected chi connectivity index (χ1v) is 56.8. The maximum Gasteiger partial charge on any atom is 0.204 e. The van der Waals surface area contributed by atoms with E-state index in [2.05, 4.69) is 319 Å². The molecule has 0 amide bonds. The average Bonchev–Trinajstić information content (AvgIpc) is 0.808. The summed E-state index contributed by atoms with van der Waals surface area (Å²) in [4.78, 5) is 8.32. The van der Waals surface area contributed by atoms with Crippen LogP contribution in [0.15, 0.2) is 379 Å². The minimum absolute atomic E-state index is 0.0146. The summed E-state index contributed by atoms with van der Waals surface area (Å²) in [5.41, 5.74) is 8.62. The van der Waals surface area contributed by atoms with Crippen LogP contribution < -0.4 is 23.7 Å². The molecule has 0 aliphatic heterocycles. The van der Waals surface area contributed by atoms with Crippen LogP contribution in [0, 0.1) is 10.8 Å². The van der Waals surface area contributed by atoms with Crippen LogP contribution in [0.2, 0.25) is 0 Å². The number of rotatable bonds is 37. The summed E-state index contributed by atoms with van der Waals surface area (Å²) in [7, 11) is -5.19. The zero-order chi connectivity index (χ0) is 107. The van der Waals surface area contributed by atoms with Crippen LogP contribution in [0.5, 0.6) is 40.2 Å². The largest absolute Gasteiger partial charge is 0.744 e. The second-order valence-electron chi connectivity index (χ2n) is 38.7. The van der Waals surface area contributed by atoms with Gasteiger partial charge in [-0.2, -0.15) is 0 Å². The Bertz CT molecular complexity index is 5750. The topological polar surface area (TPSA) is 229 Å². The van der Waals surface area contributed by atoms with Gasteiger partial charge in [0.2, 0.25) is 12.6 Å². The lowest BCUT2D eigenvalue weighted by Crippen LogP contribution is -2.34. The molecule has 9 atom stereocenters. The lowest BCUT2D eigenvalue weighted by molar-refractivity contribution is -0.137. The Morgan fingerprint density at radius 3 is 0.959 bits per heavy atom. The molecule has 0 bridgehead atoms. The van der Waals surface area contributed by atoms with Crippen LogP contribution in [0.1, 0.15) is 283 Å². The van der Waals surface area contributed by atoms with Gasteiger partial charge in [-0.3, -0.25) is 0 Å². The van der Waals surface area contributed by atoms with Crippen LogP contribution in [-0.2, 0) is 62.8 Å². The van der Waals surface area contributed by atoms with Crippen LogP contribution in [0.3, 0.4) is 0 Å². The zero-order valence-corrected chi connectivity index (χ0v) is 93.4. The number of benzene rings is 11. The van der Waals surface area contributed by atoms with E-state index in [4.69, 9.17) is 48.1 Å². The Hall–Kier alpha value is -11.1. The van der Waals surface area contributed by atoms with Gasteiger partial charge in [0, 0.05) is 57.3 Å². The molecule has 3 aliphatic carbocycles. The fourth-order valence-corrected chi connectivity index (χ4v) is 20.7. The number of ether oxygens (including phenoxy) is 8. The van der Waals surface area contributed by atoms with Gasteiger partial charge in [-0.05, 0) is 297 Å². The molecule has 14 rings (SSSR count). The van der Waals surface area contributed by atoms with Crippen molar-refractivity contribution in [1.82, 2.24) is 0 Å². The number of hydrogen-bond acceptors (Lipinski definition) is 16. The predicted octanol–water partition coefficient (Wildman–Crippen LogP) is 32.7. The Morgan fingerprint density at radius 1 is 0.363 bits per heavy atom. The highest BCUT2D eigenvalue weighted by Gasteiger charge is 2.37. The molecule has 0 fully saturated rings. The van der Waals surface area contributed by atoms with Crippen LogP contribution >= 0.6 is 0 Å². The molecule has 0 aromatic heterocycles. The van der Waals surface area contributed by atoms with Gasteiger partial charge in [-0.1, -0.05) is 301 Å². The fourth-order valence-electron chi connectivity index (χ4n) is 15.1. The minimum Gasteiger partial charge on any atom is -0.744 e. The summed E-state index contributed by atoms with van der Waals surface area (Å²) in [6, 6.07) is 91.0. The molecule has 0 spiro atoms. The Kier molecular flexibility index (Phi) is 53.5. The molecule has 11 aromatic rings. The summed E-state index contributed by atoms with van der Waals surface area (Å²) in [6.07, 6.45) is 33.4. The van der Waals surface area contributed by atoms with Gasteiger partial charge < -0.3 is 57.2 Å². The third kappa shape index (κ3) is 43.3. The van der Waals surface area contributed by atoms with E-state index < -0.39 is 20.2 Å². The van der Waals surface area contributed by atoms with E-state index in [0.29, 0.717) is 85.6 Å². The van der Waals surface area contributed by atoms with Crippen molar-refractivity contribution in [1.29, 1.82) is 0 Å². The molecular weight excluding hydrogens is 1900 g/mol. The molecule has 0 radical (unpaired) electrons. The molecule has 9 unspecified atom stereocenters. The van der Waals surface area contributed by atoms with Crippen molar-refractivity contribution in [2.45, 2.75) is 294 Å². The second-order valence-corrected chi connectivity index (χ2v) is 45.7. The molecule has 20 heteroatoms. The van der Waals surface area contributed by atoms with Crippen molar-refractivity contribution in [3.8, 4) is 40.2 Å². The molecule has 2 N–H and O–H groups in total.